The molecule has 0 radical (unpaired) electrons. The van der Waals surface area contributed by atoms with Crippen molar-refractivity contribution in [3.8, 4) is 22.8 Å². The number of rotatable bonds is 6. The van der Waals surface area contributed by atoms with Crippen LogP contribution in [0.25, 0.3) is 11.1 Å². The molecule has 2 heterocycles. The number of ether oxygens (including phenoxy) is 1. The zero-order chi connectivity index (χ0) is 23.5. The van der Waals surface area contributed by atoms with Crippen LogP contribution >= 0.6 is 24.8 Å². The van der Waals surface area contributed by atoms with E-state index in [4.69, 9.17) is 10.5 Å². The lowest BCUT2D eigenvalue weighted by atomic mass is 10.0. The molecule has 1 fully saturated rings. The number of carboxylic acids is 1. The van der Waals surface area contributed by atoms with Gasteiger partial charge in [0.15, 0.2) is 17.5 Å². The maximum Gasteiger partial charge on any atom is 0.327 e. The molecule has 3 aromatic rings. The Balaban J connectivity index is 0.00000216. The van der Waals surface area contributed by atoms with Gasteiger partial charge >= 0.3 is 5.97 Å². The molecule has 1 aliphatic rings. The Kier molecular flexibility index (Phi) is 9.79. The quantitative estimate of drug-likeness (QED) is 0.493. The number of carboxylic acid groups (broad SMARTS) is 1. The number of nitrogens with zero attached hydrogens (tertiary/aromatic N) is 3. The van der Waals surface area contributed by atoms with E-state index < -0.39 is 29.5 Å². The number of halogens is 4. The van der Waals surface area contributed by atoms with E-state index in [2.05, 4.69) is 4.98 Å². The summed E-state index contributed by atoms with van der Waals surface area (Å²) in [6.45, 7) is 1.34. The van der Waals surface area contributed by atoms with Gasteiger partial charge in [0, 0.05) is 32.2 Å². The molecular weight excluding hydrogens is 501 g/mol. The minimum absolute atomic E-state index is 0. The van der Waals surface area contributed by atoms with Crippen molar-refractivity contribution >= 4 is 36.6 Å². The minimum Gasteiger partial charge on any atom is -0.480 e. The van der Waals surface area contributed by atoms with Crippen molar-refractivity contribution in [1.82, 2.24) is 9.88 Å². The SMILES string of the molecule is CN1CCN(c2nc(Oc3cccc(-c4cccc(CN)c4)c3)c(F)cc2F)C(C(=O)O)C1.Cl.Cl. The number of likely N-dealkylation sites (N-methyl/N-ethyl adjacent to an activating group) is 1. The smallest absolute Gasteiger partial charge is 0.327 e. The molecule has 0 bridgehead atoms. The number of pyridine rings is 1. The van der Waals surface area contributed by atoms with Gasteiger partial charge in [-0.05, 0) is 41.9 Å². The van der Waals surface area contributed by atoms with E-state index in [1.807, 2.05) is 35.2 Å². The van der Waals surface area contributed by atoms with Gasteiger partial charge in [0.25, 0.3) is 5.88 Å². The molecule has 1 aromatic heterocycles. The van der Waals surface area contributed by atoms with Crippen LogP contribution in [-0.2, 0) is 11.3 Å². The summed E-state index contributed by atoms with van der Waals surface area (Å²) in [5, 5.41) is 9.58. The van der Waals surface area contributed by atoms with E-state index in [1.165, 1.54) is 4.90 Å². The highest BCUT2D eigenvalue weighted by Crippen LogP contribution is 2.31. The van der Waals surface area contributed by atoms with Gasteiger partial charge in [-0.2, -0.15) is 4.98 Å². The average molecular weight is 527 g/mol. The normalized spacial score (nSPS) is 15.7. The number of nitrogens with two attached hydrogens (primary N) is 1. The van der Waals surface area contributed by atoms with Gasteiger partial charge in [-0.25, -0.2) is 13.6 Å². The van der Waals surface area contributed by atoms with Crippen LogP contribution in [0.2, 0.25) is 0 Å². The highest BCUT2D eigenvalue weighted by atomic mass is 35.5. The van der Waals surface area contributed by atoms with Crippen LogP contribution in [0.15, 0.2) is 54.6 Å². The summed E-state index contributed by atoms with van der Waals surface area (Å²) in [5.41, 5.74) is 8.43. The molecule has 3 N–H and O–H groups in total. The summed E-state index contributed by atoms with van der Waals surface area (Å²) < 4.78 is 34.8. The number of aromatic nitrogens is 1. The fraction of sp³-hybridized carbons (Fsp3) is 0.250. The summed E-state index contributed by atoms with van der Waals surface area (Å²) in [6.07, 6.45) is 0. The third-order valence-electron chi connectivity index (χ3n) is 5.56. The van der Waals surface area contributed by atoms with Crippen molar-refractivity contribution in [2.45, 2.75) is 12.6 Å². The Morgan fingerprint density at radius 2 is 1.77 bits per heavy atom. The average Bonchev–Trinajstić information content (AvgIpc) is 2.81. The third-order valence-corrected chi connectivity index (χ3v) is 5.56. The number of benzene rings is 2. The fourth-order valence-electron chi connectivity index (χ4n) is 3.83. The molecule has 35 heavy (non-hydrogen) atoms. The molecule has 0 amide bonds. The summed E-state index contributed by atoms with van der Waals surface area (Å²) in [5.74, 6) is -3.40. The molecule has 4 rings (SSSR count). The second-order valence-corrected chi connectivity index (χ2v) is 7.92. The van der Waals surface area contributed by atoms with Crippen molar-refractivity contribution in [1.29, 1.82) is 0 Å². The zero-order valence-electron chi connectivity index (χ0n) is 18.9. The second kappa shape index (κ2) is 12.1. The van der Waals surface area contributed by atoms with E-state index in [-0.39, 0.29) is 43.7 Å². The molecule has 1 aliphatic heterocycles. The summed E-state index contributed by atoms with van der Waals surface area (Å²) in [7, 11) is 1.78. The Labute approximate surface area is 214 Å². The highest BCUT2D eigenvalue weighted by molar-refractivity contribution is 5.85. The first-order valence-electron chi connectivity index (χ1n) is 10.5. The maximum absolute atomic E-state index is 14.6. The van der Waals surface area contributed by atoms with Crippen molar-refractivity contribution < 1.29 is 23.4 Å². The van der Waals surface area contributed by atoms with Crippen molar-refractivity contribution in [2.75, 3.05) is 31.6 Å². The number of hydrogen-bond donors (Lipinski definition) is 2. The molecule has 0 spiro atoms. The van der Waals surface area contributed by atoms with Gasteiger partial charge < -0.3 is 25.4 Å². The van der Waals surface area contributed by atoms with E-state index in [0.29, 0.717) is 24.9 Å². The molecule has 2 aromatic carbocycles. The number of aliphatic carboxylic acids is 1. The number of carbonyl (C=O) groups is 1. The van der Waals surface area contributed by atoms with Crippen LogP contribution in [0, 0.1) is 11.6 Å². The largest absolute Gasteiger partial charge is 0.480 e. The first kappa shape index (κ1) is 28.3. The lowest BCUT2D eigenvalue weighted by molar-refractivity contribution is -0.139. The van der Waals surface area contributed by atoms with Crippen LogP contribution in [0.4, 0.5) is 14.6 Å². The van der Waals surface area contributed by atoms with Crippen LogP contribution in [0.3, 0.4) is 0 Å². The Bertz CT molecular complexity index is 1190. The number of hydrogen-bond acceptors (Lipinski definition) is 6. The van der Waals surface area contributed by atoms with Crippen LogP contribution in [-0.4, -0.2) is 53.7 Å². The molecule has 0 saturated carbocycles. The third kappa shape index (κ3) is 6.37. The highest BCUT2D eigenvalue weighted by Gasteiger charge is 2.34. The van der Waals surface area contributed by atoms with Crippen molar-refractivity contribution in [3.63, 3.8) is 0 Å². The Hall–Kier alpha value is -2.98. The van der Waals surface area contributed by atoms with E-state index >= 15 is 0 Å². The first-order chi connectivity index (χ1) is 15.9. The topological polar surface area (TPSA) is 91.9 Å². The minimum atomic E-state index is -1.11. The monoisotopic (exact) mass is 526 g/mol. The molecule has 0 aliphatic carbocycles. The summed E-state index contributed by atoms with van der Waals surface area (Å²) >= 11 is 0. The van der Waals surface area contributed by atoms with Crippen LogP contribution in [0.1, 0.15) is 5.56 Å². The van der Waals surface area contributed by atoms with E-state index in [1.54, 1.807) is 25.2 Å². The predicted octanol–water partition coefficient (Wildman–Crippen LogP) is 4.33. The molecule has 1 atom stereocenters. The lowest BCUT2D eigenvalue weighted by Crippen LogP contribution is -2.56. The Morgan fingerprint density at radius 1 is 1.09 bits per heavy atom. The predicted molar refractivity (Wildman–Crippen MR) is 135 cm³/mol. The standard InChI is InChI=1S/C24H24F2N4O3.2ClH/c1-29-8-9-30(21(14-29)24(31)32)22-19(25)12-20(26)23(28-22)33-18-7-3-6-17(11-18)16-5-2-4-15(10-16)13-27;;/h2-7,10-12,21H,8-9,13-14,27H2,1H3,(H,31,32);2*1H. The van der Waals surface area contributed by atoms with E-state index in [0.717, 1.165) is 16.7 Å². The molecule has 7 nitrogen and oxygen atoms in total. The number of anilines is 1. The first-order valence-corrected chi connectivity index (χ1v) is 10.5. The zero-order valence-corrected chi connectivity index (χ0v) is 20.5. The lowest BCUT2D eigenvalue weighted by Gasteiger charge is -2.38. The van der Waals surface area contributed by atoms with Gasteiger partial charge in [-0.3, -0.25) is 0 Å². The van der Waals surface area contributed by atoms with Crippen molar-refractivity contribution in [3.05, 3.63) is 71.8 Å². The number of piperazine rings is 1. The fourth-order valence-corrected chi connectivity index (χ4v) is 3.83. The van der Waals surface area contributed by atoms with Crippen LogP contribution in [0.5, 0.6) is 11.6 Å². The molecular formula is C24H26Cl2F2N4O3. The molecule has 1 saturated heterocycles. The van der Waals surface area contributed by atoms with E-state index in [9.17, 15) is 18.7 Å². The Morgan fingerprint density at radius 3 is 2.46 bits per heavy atom. The van der Waals surface area contributed by atoms with Gasteiger partial charge in [0.05, 0.1) is 0 Å². The second-order valence-electron chi connectivity index (χ2n) is 7.92. The summed E-state index contributed by atoms with van der Waals surface area (Å²) in [6, 6.07) is 14.3. The maximum atomic E-state index is 14.6. The van der Waals surface area contributed by atoms with Crippen LogP contribution < -0.4 is 15.4 Å². The van der Waals surface area contributed by atoms with Gasteiger partial charge in [0.2, 0.25) is 0 Å². The van der Waals surface area contributed by atoms with Gasteiger partial charge in [0.1, 0.15) is 11.8 Å². The molecule has 11 heteroatoms. The van der Waals surface area contributed by atoms with Crippen molar-refractivity contribution in [2.24, 2.45) is 5.73 Å². The summed E-state index contributed by atoms with van der Waals surface area (Å²) in [4.78, 5) is 18.9. The molecule has 1 unspecified atom stereocenters. The van der Waals surface area contributed by atoms with Gasteiger partial charge in [-0.1, -0.05) is 30.3 Å². The molecule has 188 valence electrons. The van der Waals surface area contributed by atoms with Gasteiger partial charge in [-0.15, -0.1) is 24.8 Å².